The molecule has 1 atom stereocenters. The maximum Gasteiger partial charge on any atom is 0.411 e. The Morgan fingerprint density at radius 2 is 2.05 bits per heavy atom. The minimum absolute atomic E-state index is 0.0378. The second-order valence-corrected chi connectivity index (χ2v) is 4.88. The van der Waals surface area contributed by atoms with Gasteiger partial charge in [0.15, 0.2) is 0 Å². The van der Waals surface area contributed by atoms with Crippen LogP contribution in [0.3, 0.4) is 0 Å². The normalized spacial score (nSPS) is 11.8. The molecule has 1 rings (SSSR count). The summed E-state index contributed by atoms with van der Waals surface area (Å²) in [5, 5.41) is 9.38. The molecule has 0 aliphatic carbocycles. The number of rotatable bonds is 7. The molecule has 0 saturated carbocycles. The molecule has 0 aliphatic heterocycles. The zero-order chi connectivity index (χ0) is 15.8. The van der Waals surface area contributed by atoms with Crippen LogP contribution < -0.4 is 0 Å². The van der Waals surface area contributed by atoms with Crippen molar-refractivity contribution in [2.45, 2.75) is 26.4 Å². The van der Waals surface area contributed by atoms with Gasteiger partial charge >= 0.3 is 12.1 Å². The third kappa shape index (κ3) is 4.91. The summed E-state index contributed by atoms with van der Waals surface area (Å²) in [6.07, 6.45) is 3.95. The molecule has 114 valence electrons. The molecule has 1 aromatic heterocycles. The highest BCUT2D eigenvalue weighted by atomic mass is 16.6. The number of carboxylic acids is 1. The SMILES string of the molecule is C=CCOC(=O)N(Cc1ccncc1)C(C(=O)O)C(C)C. The lowest BCUT2D eigenvalue weighted by atomic mass is 10.0. The molecule has 1 heterocycles. The Bertz CT molecular complexity index is 488. The summed E-state index contributed by atoms with van der Waals surface area (Å²) in [6, 6.07) is 2.50. The van der Waals surface area contributed by atoms with E-state index in [0.29, 0.717) is 0 Å². The Morgan fingerprint density at radius 1 is 1.43 bits per heavy atom. The minimum atomic E-state index is -1.06. The molecule has 0 aromatic carbocycles. The topological polar surface area (TPSA) is 79.7 Å². The van der Waals surface area contributed by atoms with E-state index in [2.05, 4.69) is 11.6 Å². The second kappa shape index (κ2) is 8.04. The molecule has 0 spiro atoms. The fourth-order valence-electron chi connectivity index (χ4n) is 1.95. The van der Waals surface area contributed by atoms with Crippen molar-refractivity contribution in [3.63, 3.8) is 0 Å². The first-order valence-electron chi connectivity index (χ1n) is 6.63. The average molecular weight is 292 g/mol. The number of ether oxygens (including phenoxy) is 1. The van der Waals surface area contributed by atoms with Crippen LogP contribution >= 0.6 is 0 Å². The molecular weight excluding hydrogens is 272 g/mol. The first kappa shape index (κ1) is 16.7. The number of carboxylic acid groups (broad SMARTS) is 1. The molecule has 0 saturated heterocycles. The Kier molecular flexibility index (Phi) is 6.39. The maximum atomic E-state index is 12.1. The van der Waals surface area contributed by atoms with E-state index in [1.54, 1.807) is 38.4 Å². The van der Waals surface area contributed by atoms with E-state index in [1.165, 1.54) is 11.0 Å². The molecular formula is C15H20N2O4. The Hall–Kier alpha value is -2.37. The Morgan fingerprint density at radius 3 is 2.52 bits per heavy atom. The van der Waals surface area contributed by atoms with E-state index in [0.717, 1.165) is 5.56 Å². The van der Waals surface area contributed by atoms with Crippen LogP contribution in [0.1, 0.15) is 19.4 Å². The van der Waals surface area contributed by atoms with Gasteiger partial charge in [-0.05, 0) is 23.6 Å². The van der Waals surface area contributed by atoms with Crippen molar-refractivity contribution in [1.29, 1.82) is 0 Å². The van der Waals surface area contributed by atoms with E-state index in [-0.39, 0.29) is 19.1 Å². The van der Waals surface area contributed by atoms with Gasteiger partial charge in [0, 0.05) is 12.4 Å². The lowest BCUT2D eigenvalue weighted by Crippen LogP contribution is -2.47. The van der Waals surface area contributed by atoms with E-state index in [4.69, 9.17) is 4.74 Å². The first-order chi connectivity index (χ1) is 9.97. The van der Waals surface area contributed by atoms with Gasteiger partial charge in [-0.25, -0.2) is 9.59 Å². The van der Waals surface area contributed by atoms with Crippen LogP contribution in [0.2, 0.25) is 0 Å². The highest BCUT2D eigenvalue weighted by Crippen LogP contribution is 2.16. The summed E-state index contributed by atoms with van der Waals surface area (Å²) in [7, 11) is 0. The van der Waals surface area contributed by atoms with Gasteiger partial charge in [-0.15, -0.1) is 0 Å². The van der Waals surface area contributed by atoms with Crippen LogP contribution in [0.25, 0.3) is 0 Å². The standard InChI is InChI=1S/C15H20N2O4/c1-4-9-21-15(20)17(13(11(2)3)14(18)19)10-12-5-7-16-8-6-12/h4-8,11,13H,1,9-10H2,2-3H3,(H,18,19). The van der Waals surface area contributed by atoms with Crippen molar-refractivity contribution in [2.24, 2.45) is 5.92 Å². The van der Waals surface area contributed by atoms with E-state index in [1.807, 2.05) is 0 Å². The highest BCUT2D eigenvalue weighted by Gasteiger charge is 2.33. The molecule has 0 aliphatic rings. The summed E-state index contributed by atoms with van der Waals surface area (Å²) in [5.41, 5.74) is 0.785. The van der Waals surface area contributed by atoms with Gasteiger partial charge < -0.3 is 9.84 Å². The van der Waals surface area contributed by atoms with E-state index in [9.17, 15) is 14.7 Å². The molecule has 0 bridgehead atoms. The molecule has 1 unspecified atom stereocenters. The van der Waals surface area contributed by atoms with Crippen molar-refractivity contribution in [1.82, 2.24) is 9.88 Å². The van der Waals surface area contributed by atoms with Gasteiger partial charge in [-0.3, -0.25) is 9.88 Å². The van der Waals surface area contributed by atoms with Crippen molar-refractivity contribution in [2.75, 3.05) is 6.61 Å². The number of amides is 1. The van der Waals surface area contributed by atoms with E-state index < -0.39 is 18.1 Å². The van der Waals surface area contributed by atoms with Crippen LogP contribution in [0.5, 0.6) is 0 Å². The molecule has 0 radical (unpaired) electrons. The largest absolute Gasteiger partial charge is 0.480 e. The summed E-state index contributed by atoms with van der Waals surface area (Å²) < 4.78 is 5.00. The quantitative estimate of drug-likeness (QED) is 0.780. The van der Waals surface area contributed by atoms with Crippen LogP contribution in [0, 0.1) is 5.92 Å². The van der Waals surface area contributed by atoms with Crippen LogP contribution in [-0.2, 0) is 16.1 Å². The fraction of sp³-hybridized carbons (Fsp3) is 0.400. The van der Waals surface area contributed by atoms with Crippen molar-refractivity contribution < 1.29 is 19.4 Å². The monoisotopic (exact) mass is 292 g/mol. The van der Waals surface area contributed by atoms with Crippen LogP contribution in [0.15, 0.2) is 37.2 Å². The van der Waals surface area contributed by atoms with Gasteiger partial charge in [-0.1, -0.05) is 26.5 Å². The predicted octanol–water partition coefficient (Wildman–Crippen LogP) is 2.32. The van der Waals surface area contributed by atoms with Crippen molar-refractivity contribution in [3.05, 3.63) is 42.7 Å². The minimum Gasteiger partial charge on any atom is -0.480 e. The lowest BCUT2D eigenvalue weighted by molar-refractivity contribution is -0.144. The average Bonchev–Trinajstić information content (AvgIpc) is 2.44. The summed E-state index contributed by atoms with van der Waals surface area (Å²) in [4.78, 5) is 28.7. The Balaban J connectivity index is 3.00. The smallest absolute Gasteiger partial charge is 0.411 e. The predicted molar refractivity (Wildman–Crippen MR) is 77.6 cm³/mol. The van der Waals surface area contributed by atoms with Crippen LogP contribution in [-0.4, -0.2) is 39.7 Å². The number of hydrogen-bond acceptors (Lipinski definition) is 4. The van der Waals surface area contributed by atoms with Gasteiger partial charge in [0.25, 0.3) is 0 Å². The number of nitrogens with zero attached hydrogens (tertiary/aromatic N) is 2. The number of aromatic nitrogens is 1. The number of pyridine rings is 1. The summed E-state index contributed by atoms with van der Waals surface area (Å²) in [5.74, 6) is -1.31. The zero-order valence-corrected chi connectivity index (χ0v) is 12.2. The fourth-order valence-corrected chi connectivity index (χ4v) is 1.95. The summed E-state index contributed by atoms with van der Waals surface area (Å²) >= 11 is 0. The van der Waals surface area contributed by atoms with E-state index >= 15 is 0 Å². The van der Waals surface area contributed by atoms with Gasteiger partial charge in [0.2, 0.25) is 0 Å². The Labute approximate surface area is 124 Å². The summed E-state index contributed by atoms with van der Waals surface area (Å²) in [6.45, 7) is 7.15. The van der Waals surface area contributed by atoms with Gasteiger partial charge in [0.05, 0.1) is 6.54 Å². The third-order valence-corrected chi connectivity index (χ3v) is 2.88. The lowest BCUT2D eigenvalue weighted by Gasteiger charge is -2.30. The van der Waals surface area contributed by atoms with Crippen LogP contribution in [0.4, 0.5) is 4.79 Å². The first-order valence-corrected chi connectivity index (χ1v) is 6.63. The molecule has 0 fully saturated rings. The van der Waals surface area contributed by atoms with Crippen molar-refractivity contribution >= 4 is 12.1 Å². The molecule has 1 aromatic rings. The molecule has 1 amide bonds. The number of hydrogen-bond donors (Lipinski definition) is 1. The number of carbonyl (C=O) groups is 2. The molecule has 6 heteroatoms. The molecule has 21 heavy (non-hydrogen) atoms. The van der Waals surface area contributed by atoms with Gasteiger partial charge in [-0.2, -0.15) is 0 Å². The third-order valence-electron chi connectivity index (χ3n) is 2.88. The molecule has 6 nitrogen and oxygen atoms in total. The number of aliphatic carboxylic acids is 1. The molecule has 1 N–H and O–H groups in total. The van der Waals surface area contributed by atoms with Crippen molar-refractivity contribution in [3.8, 4) is 0 Å². The maximum absolute atomic E-state index is 12.1. The number of carbonyl (C=O) groups excluding carboxylic acids is 1. The second-order valence-electron chi connectivity index (χ2n) is 4.88. The zero-order valence-electron chi connectivity index (χ0n) is 12.2. The van der Waals surface area contributed by atoms with Gasteiger partial charge in [0.1, 0.15) is 12.6 Å². The highest BCUT2D eigenvalue weighted by molar-refractivity contribution is 5.80.